The molecule has 2 aliphatic rings. The van der Waals surface area contributed by atoms with E-state index in [9.17, 15) is 4.79 Å². The molecule has 1 aliphatic heterocycles. The number of nitrogens with one attached hydrogen (secondary N) is 2. The van der Waals surface area contributed by atoms with Crippen molar-refractivity contribution >= 4 is 5.91 Å². The number of nitrogens with zero attached hydrogens (tertiary/aromatic N) is 1. The summed E-state index contributed by atoms with van der Waals surface area (Å²) in [6.07, 6.45) is 7.01. The van der Waals surface area contributed by atoms with Crippen LogP contribution in [0.4, 0.5) is 0 Å². The SMILES string of the molecule is CN(CCC(=O)NC1CCCCC1)CC1CNCCO1. The molecule has 1 atom stereocenters. The summed E-state index contributed by atoms with van der Waals surface area (Å²) in [5.74, 6) is 0.200. The van der Waals surface area contributed by atoms with E-state index in [1.54, 1.807) is 0 Å². The zero-order valence-corrected chi connectivity index (χ0v) is 12.7. The predicted octanol–water partition coefficient (Wildman–Crippen LogP) is 0.746. The van der Waals surface area contributed by atoms with E-state index >= 15 is 0 Å². The summed E-state index contributed by atoms with van der Waals surface area (Å²) in [4.78, 5) is 14.1. The molecular weight excluding hydrogens is 254 g/mol. The number of amides is 1. The van der Waals surface area contributed by atoms with E-state index in [1.807, 2.05) is 0 Å². The average molecular weight is 283 g/mol. The second-order valence-electron chi connectivity index (χ2n) is 6.11. The van der Waals surface area contributed by atoms with Gasteiger partial charge in [0.25, 0.3) is 0 Å². The molecule has 0 aromatic rings. The number of ether oxygens (including phenoxy) is 1. The van der Waals surface area contributed by atoms with Crippen molar-refractivity contribution in [2.45, 2.75) is 50.7 Å². The minimum absolute atomic E-state index is 0.200. The lowest BCUT2D eigenvalue weighted by molar-refractivity contribution is -0.122. The number of morpholine rings is 1. The van der Waals surface area contributed by atoms with Crippen LogP contribution in [0.25, 0.3) is 0 Å². The van der Waals surface area contributed by atoms with Crippen LogP contribution in [0.1, 0.15) is 38.5 Å². The van der Waals surface area contributed by atoms with Gasteiger partial charge in [-0.3, -0.25) is 4.79 Å². The Labute approximate surface area is 122 Å². The van der Waals surface area contributed by atoms with Gasteiger partial charge in [-0.25, -0.2) is 0 Å². The monoisotopic (exact) mass is 283 g/mol. The fourth-order valence-electron chi connectivity index (χ4n) is 3.02. The maximum absolute atomic E-state index is 11.9. The Morgan fingerprint density at radius 2 is 2.15 bits per heavy atom. The zero-order chi connectivity index (χ0) is 14.2. The Morgan fingerprint density at radius 1 is 1.35 bits per heavy atom. The van der Waals surface area contributed by atoms with Gasteiger partial charge in [0.05, 0.1) is 12.7 Å². The van der Waals surface area contributed by atoms with Crippen LogP contribution >= 0.6 is 0 Å². The van der Waals surface area contributed by atoms with Crippen molar-refractivity contribution in [3.8, 4) is 0 Å². The molecular formula is C15H29N3O2. The van der Waals surface area contributed by atoms with Crippen LogP contribution in [0.2, 0.25) is 0 Å². The molecule has 1 saturated carbocycles. The third kappa shape index (κ3) is 5.77. The zero-order valence-electron chi connectivity index (χ0n) is 12.7. The third-order valence-electron chi connectivity index (χ3n) is 4.21. The molecule has 5 heteroatoms. The Balaban J connectivity index is 1.57. The van der Waals surface area contributed by atoms with Gasteiger partial charge in [0.1, 0.15) is 0 Å². The number of carbonyl (C=O) groups excluding carboxylic acids is 1. The van der Waals surface area contributed by atoms with Gasteiger partial charge in [-0.2, -0.15) is 0 Å². The standard InChI is InChI=1S/C15H29N3O2/c1-18(12-14-11-16-8-10-20-14)9-7-15(19)17-13-5-3-2-4-6-13/h13-14,16H,2-12H2,1H3,(H,17,19). The van der Waals surface area contributed by atoms with Crippen molar-refractivity contribution in [2.75, 3.05) is 39.8 Å². The maximum Gasteiger partial charge on any atom is 0.221 e. The fourth-order valence-corrected chi connectivity index (χ4v) is 3.02. The summed E-state index contributed by atoms with van der Waals surface area (Å²) in [5, 5.41) is 6.50. The lowest BCUT2D eigenvalue weighted by Crippen LogP contribution is -2.45. The molecule has 2 N–H and O–H groups in total. The Bertz CT molecular complexity index is 287. The molecule has 116 valence electrons. The van der Waals surface area contributed by atoms with Crippen molar-refractivity contribution in [3.63, 3.8) is 0 Å². The van der Waals surface area contributed by atoms with Crippen molar-refractivity contribution in [2.24, 2.45) is 0 Å². The number of likely N-dealkylation sites (N-methyl/N-ethyl adjacent to an activating group) is 1. The van der Waals surface area contributed by atoms with E-state index in [1.165, 1.54) is 19.3 Å². The van der Waals surface area contributed by atoms with Crippen molar-refractivity contribution < 1.29 is 9.53 Å². The average Bonchev–Trinajstić information content (AvgIpc) is 2.47. The van der Waals surface area contributed by atoms with Gasteiger partial charge in [-0.1, -0.05) is 19.3 Å². The van der Waals surface area contributed by atoms with Crippen LogP contribution in [-0.4, -0.2) is 62.8 Å². The molecule has 1 unspecified atom stereocenters. The van der Waals surface area contributed by atoms with Gasteiger partial charge in [0.2, 0.25) is 5.91 Å². The van der Waals surface area contributed by atoms with Gasteiger partial charge < -0.3 is 20.3 Å². The number of hydrogen-bond donors (Lipinski definition) is 2. The van der Waals surface area contributed by atoms with E-state index < -0.39 is 0 Å². The summed E-state index contributed by atoms with van der Waals surface area (Å²) in [5.41, 5.74) is 0. The Hall–Kier alpha value is -0.650. The second-order valence-corrected chi connectivity index (χ2v) is 6.11. The van der Waals surface area contributed by atoms with Crippen LogP contribution in [-0.2, 0) is 9.53 Å². The highest BCUT2D eigenvalue weighted by Crippen LogP contribution is 2.17. The van der Waals surface area contributed by atoms with Crippen LogP contribution in [0.5, 0.6) is 0 Å². The minimum atomic E-state index is 0.200. The molecule has 0 spiro atoms. The molecule has 0 bridgehead atoms. The highest BCUT2D eigenvalue weighted by molar-refractivity contribution is 5.76. The molecule has 20 heavy (non-hydrogen) atoms. The molecule has 1 amide bonds. The predicted molar refractivity (Wildman–Crippen MR) is 79.7 cm³/mol. The maximum atomic E-state index is 11.9. The van der Waals surface area contributed by atoms with Crippen LogP contribution in [0.3, 0.4) is 0 Å². The first-order valence-corrected chi connectivity index (χ1v) is 8.04. The van der Waals surface area contributed by atoms with Gasteiger partial charge in [-0.05, 0) is 19.9 Å². The third-order valence-corrected chi connectivity index (χ3v) is 4.21. The van der Waals surface area contributed by atoms with Gasteiger partial charge in [0.15, 0.2) is 0 Å². The van der Waals surface area contributed by atoms with E-state index in [0.29, 0.717) is 12.5 Å². The number of hydrogen-bond acceptors (Lipinski definition) is 4. The lowest BCUT2D eigenvalue weighted by Gasteiger charge is -2.28. The first kappa shape index (κ1) is 15.7. The van der Waals surface area contributed by atoms with E-state index in [2.05, 4.69) is 22.6 Å². The molecule has 2 rings (SSSR count). The minimum Gasteiger partial charge on any atom is -0.374 e. The summed E-state index contributed by atoms with van der Waals surface area (Å²) in [6.45, 7) is 4.35. The fraction of sp³-hybridized carbons (Fsp3) is 0.933. The van der Waals surface area contributed by atoms with Crippen LogP contribution in [0, 0.1) is 0 Å². The number of rotatable bonds is 6. The molecule has 2 fully saturated rings. The normalized spacial score (nSPS) is 24.8. The van der Waals surface area contributed by atoms with Crippen molar-refractivity contribution in [1.29, 1.82) is 0 Å². The first-order valence-electron chi connectivity index (χ1n) is 8.04. The topological polar surface area (TPSA) is 53.6 Å². The van der Waals surface area contributed by atoms with Crippen molar-refractivity contribution in [1.82, 2.24) is 15.5 Å². The van der Waals surface area contributed by atoms with E-state index in [4.69, 9.17) is 4.74 Å². The quantitative estimate of drug-likeness (QED) is 0.755. The molecule has 0 aromatic heterocycles. The number of carbonyl (C=O) groups is 1. The highest BCUT2D eigenvalue weighted by atomic mass is 16.5. The van der Waals surface area contributed by atoms with Crippen LogP contribution in [0.15, 0.2) is 0 Å². The molecule has 0 radical (unpaired) electrons. The molecule has 1 saturated heterocycles. The van der Waals surface area contributed by atoms with Gasteiger partial charge in [0, 0.05) is 38.6 Å². The van der Waals surface area contributed by atoms with Gasteiger partial charge >= 0.3 is 0 Å². The molecule has 5 nitrogen and oxygen atoms in total. The largest absolute Gasteiger partial charge is 0.374 e. The van der Waals surface area contributed by atoms with Gasteiger partial charge in [-0.15, -0.1) is 0 Å². The van der Waals surface area contributed by atoms with E-state index in [0.717, 1.165) is 45.6 Å². The van der Waals surface area contributed by atoms with Crippen molar-refractivity contribution in [3.05, 3.63) is 0 Å². The lowest BCUT2D eigenvalue weighted by atomic mass is 9.95. The first-order chi connectivity index (χ1) is 9.74. The van der Waals surface area contributed by atoms with E-state index in [-0.39, 0.29) is 12.0 Å². The smallest absolute Gasteiger partial charge is 0.221 e. The Kier molecular flexibility index (Phi) is 6.76. The highest BCUT2D eigenvalue weighted by Gasteiger charge is 2.18. The summed E-state index contributed by atoms with van der Waals surface area (Å²) < 4.78 is 5.67. The van der Waals surface area contributed by atoms with Crippen LogP contribution < -0.4 is 10.6 Å². The summed E-state index contributed by atoms with van der Waals surface area (Å²) in [6, 6.07) is 0.424. The Morgan fingerprint density at radius 3 is 2.85 bits per heavy atom. The molecule has 1 aliphatic carbocycles. The second kappa shape index (κ2) is 8.60. The molecule has 1 heterocycles. The summed E-state index contributed by atoms with van der Waals surface area (Å²) in [7, 11) is 2.06. The summed E-state index contributed by atoms with van der Waals surface area (Å²) >= 11 is 0. The molecule has 0 aromatic carbocycles.